The first-order valence-corrected chi connectivity index (χ1v) is 5.02. The van der Waals surface area contributed by atoms with Crippen LogP contribution in [0.2, 0.25) is 0 Å². The number of nitrogens with two attached hydrogens (primary N) is 1. The van der Waals surface area contributed by atoms with Gasteiger partial charge in [-0.2, -0.15) is 5.10 Å². The van der Waals surface area contributed by atoms with Crippen LogP contribution in [-0.2, 0) is 4.74 Å². The van der Waals surface area contributed by atoms with Gasteiger partial charge in [0, 0.05) is 6.20 Å². The number of primary amides is 1. The van der Waals surface area contributed by atoms with Crippen LogP contribution in [0.1, 0.15) is 16.7 Å². The second kappa shape index (κ2) is 4.41. The number of nitrogens with zero attached hydrogens (tertiary/aromatic N) is 2. The van der Waals surface area contributed by atoms with Crippen LogP contribution in [0.3, 0.4) is 0 Å². The van der Waals surface area contributed by atoms with E-state index in [0.29, 0.717) is 0 Å². The molecule has 5 N–H and O–H groups in total. The molecule has 1 amide bonds. The lowest BCUT2D eigenvalue weighted by molar-refractivity contribution is -0.0587. The number of amides is 1. The van der Waals surface area contributed by atoms with Gasteiger partial charge in [0.1, 0.15) is 24.0 Å². The third kappa shape index (κ3) is 2.03. The van der Waals surface area contributed by atoms with Crippen LogP contribution in [0.4, 0.5) is 0 Å². The Balaban J connectivity index is 2.19. The molecule has 0 unspecified atom stereocenters. The summed E-state index contributed by atoms with van der Waals surface area (Å²) in [7, 11) is 0. The summed E-state index contributed by atoms with van der Waals surface area (Å²) in [6, 6.07) is 1.37. The zero-order valence-corrected chi connectivity index (χ0v) is 8.80. The molecule has 8 heteroatoms. The second-order valence-electron chi connectivity index (χ2n) is 3.77. The number of carbonyl (C=O) groups excluding carboxylic acids is 1. The summed E-state index contributed by atoms with van der Waals surface area (Å²) in [6.07, 6.45) is -2.86. The molecule has 2 heterocycles. The summed E-state index contributed by atoms with van der Waals surface area (Å²) in [4.78, 5) is 10.8. The third-order valence-electron chi connectivity index (χ3n) is 2.64. The van der Waals surface area contributed by atoms with Crippen LogP contribution in [0.5, 0.6) is 0 Å². The van der Waals surface area contributed by atoms with E-state index in [1.807, 2.05) is 0 Å². The molecule has 17 heavy (non-hydrogen) atoms. The van der Waals surface area contributed by atoms with Crippen LogP contribution in [0.25, 0.3) is 0 Å². The van der Waals surface area contributed by atoms with Gasteiger partial charge in [-0.15, -0.1) is 0 Å². The highest BCUT2D eigenvalue weighted by Crippen LogP contribution is 2.28. The Morgan fingerprint density at radius 2 is 2.24 bits per heavy atom. The van der Waals surface area contributed by atoms with Crippen molar-refractivity contribution in [3.05, 3.63) is 18.0 Å². The van der Waals surface area contributed by atoms with Crippen molar-refractivity contribution in [2.45, 2.75) is 24.5 Å². The number of hydrogen-bond donors (Lipinski definition) is 4. The first kappa shape index (κ1) is 12.0. The van der Waals surface area contributed by atoms with Gasteiger partial charge < -0.3 is 25.8 Å². The van der Waals surface area contributed by atoms with Gasteiger partial charge in [-0.25, -0.2) is 4.68 Å². The first-order chi connectivity index (χ1) is 8.04. The molecule has 1 aromatic heterocycles. The van der Waals surface area contributed by atoms with Crippen molar-refractivity contribution >= 4 is 5.91 Å². The zero-order chi connectivity index (χ0) is 12.6. The standard InChI is InChI=1S/C9H13N3O5/c10-8(16)4-1-2-12(11-4)9-7(15)6(14)5(3-13)17-9/h1-2,5-7,9,13-15H,3H2,(H2,10,16)/t5-,6-,7-,9-/m1/s1. The Kier molecular flexibility index (Phi) is 3.11. The predicted octanol–water partition coefficient (Wildman–Crippen LogP) is -2.41. The second-order valence-corrected chi connectivity index (χ2v) is 3.77. The molecule has 0 aliphatic carbocycles. The van der Waals surface area contributed by atoms with Crippen molar-refractivity contribution in [3.63, 3.8) is 0 Å². The fourth-order valence-corrected chi connectivity index (χ4v) is 1.71. The number of hydrogen-bond acceptors (Lipinski definition) is 6. The monoisotopic (exact) mass is 243 g/mol. The van der Waals surface area contributed by atoms with Crippen LogP contribution in [-0.4, -0.2) is 55.9 Å². The molecule has 94 valence electrons. The fourth-order valence-electron chi connectivity index (χ4n) is 1.71. The Morgan fingerprint density at radius 3 is 2.71 bits per heavy atom. The maximum Gasteiger partial charge on any atom is 0.269 e. The highest BCUT2D eigenvalue weighted by Gasteiger charge is 2.43. The van der Waals surface area contributed by atoms with Crippen molar-refractivity contribution in [3.8, 4) is 0 Å². The molecule has 0 bridgehead atoms. The number of rotatable bonds is 3. The molecule has 4 atom stereocenters. The van der Waals surface area contributed by atoms with E-state index in [1.165, 1.54) is 16.9 Å². The van der Waals surface area contributed by atoms with Crippen molar-refractivity contribution < 1.29 is 24.9 Å². The molecule has 2 rings (SSSR count). The quantitative estimate of drug-likeness (QED) is 0.468. The largest absolute Gasteiger partial charge is 0.394 e. The number of aromatic nitrogens is 2. The summed E-state index contributed by atoms with van der Waals surface area (Å²) in [5, 5.41) is 32.0. The normalized spacial score (nSPS) is 32.9. The number of aliphatic hydroxyl groups excluding tert-OH is 3. The Bertz CT molecular complexity index is 421. The topological polar surface area (TPSA) is 131 Å². The van der Waals surface area contributed by atoms with Gasteiger partial charge in [0.05, 0.1) is 6.61 Å². The lowest BCUT2D eigenvalue weighted by atomic mass is 10.1. The predicted molar refractivity (Wildman–Crippen MR) is 53.8 cm³/mol. The van der Waals surface area contributed by atoms with Gasteiger partial charge in [0.25, 0.3) is 5.91 Å². The lowest BCUT2D eigenvalue weighted by Gasteiger charge is -2.14. The molecule has 1 fully saturated rings. The molecule has 1 aliphatic heterocycles. The van der Waals surface area contributed by atoms with Crippen LogP contribution in [0.15, 0.2) is 12.3 Å². The molecule has 0 saturated carbocycles. The lowest BCUT2D eigenvalue weighted by Crippen LogP contribution is -2.33. The summed E-state index contributed by atoms with van der Waals surface area (Å²) < 4.78 is 6.40. The van der Waals surface area contributed by atoms with Gasteiger partial charge in [-0.3, -0.25) is 4.79 Å². The van der Waals surface area contributed by atoms with Gasteiger partial charge in [0.15, 0.2) is 6.23 Å². The molecule has 1 saturated heterocycles. The number of carbonyl (C=O) groups is 1. The van der Waals surface area contributed by atoms with E-state index in [2.05, 4.69) is 5.10 Å². The smallest absolute Gasteiger partial charge is 0.269 e. The molecule has 1 aromatic rings. The number of aliphatic hydroxyl groups is 3. The first-order valence-electron chi connectivity index (χ1n) is 5.02. The maximum absolute atomic E-state index is 10.8. The molecule has 0 aromatic carbocycles. The highest BCUT2D eigenvalue weighted by molar-refractivity contribution is 5.90. The summed E-state index contributed by atoms with van der Waals surface area (Å²) in [6.45, 7) is -0.418. The summed E-state index contributed by atoms with van der Waals surface area (Å²) in [5.74, 6) is -0.699. The van der Waals surface area contributed by atoms with Crippen molar-refractivity contribution in [2.24, 2.45) is 5.73 Å². The zero-order valence-electron chi connectivity index (χ0n) is 8.80. The molecule has 0 spiro atoms. The summed E-state index contributed by atoms with van der Waals surface area (Å²) in [5.41, 5.74) is 5.06. The molecule has 1 aliphatic rings. The Labute approximate surface area is 96.2 Å². The molecule has 8 nitrogen and oxygen atoms in total. The van der Waals surface area contributed by atoms with Crippen molar-refractivity contribution in [2.75, 3.05) is 6.61 Å². The van der Waals surface area contributed by atoms with Crippen LogP contribution in [0, 0.1) is 0 Å². The molecular formula is C9H13N3O5. The van der Waals surface area contributed by atoms with Gasteiger partial charge in [0.2, 0.25) is 0 Å². The van der Waals surface area contributed by atoms with E-state index in [0.717, 1.165) is 0 Å². The van der Waals surface area contributed by atoms with Gasteiger partial charge >= 0.3 is 0 Å². The minimum atomic E-state index is -1.23. The summed E-state index contributed by atoms with van der Waals surface area (Å²) >= 11 is 0. The van der Waals surface area contributed by atoms with Crippen molar-refractivity contribution in [1.29, 1.82) is 0 Å². The average Bonchev–Trinajstić information content (AvgIpc) is 2.87. The van der Waals surface area contributed by atoms with Crippen LogP contribution < -0.4 is 5.73 Å². The maximum atomic E-state index is 10.8. The minimum Gasteiger partial charge on any atom is -0.394 e. The highest BCUT2D eigenvalue weighted by atomic mass is 16.6. The van der Waals surface area contributed by atoms with Crippen LogP contribution >= 0.6 is 0 Å². The fraction of sp³-hybridized carbons (Fsp3) is 0.556. The Hall–Kier alpha value is -1.48. The molecular weight excluding hydrogens is 230 g/mol. The van der Waals surface area contributed by atoms with Gasteiger partial charge in [-0.1, -0.05) is 0 Å². The van der Waals surface area contributed by atoms with E-state index in [-0.39, 0.29) is 5.69 Å². The molecule has 0 radical (unpaired) electrons. The van der Waals surface area contributed by atoms with E-state index in [9.17, 15) is 15.0 Å². The third-order valence-corrected chi connectivity index (χ3v) is 2.64. The average molecular weight is 243 g/mol. The van der Waals surface area contributed by atoms with E-state index < -0.39 is 37.1 Å². The van der Waals surface area contributed by atoms with Gasteiger partial charge in [-0.05, 0) is 6.07 Å². The van der Waals surface area contributed by atoms with Crippen molar-refractivity contribution in [1.82, 2.24) is 9.78 Å². The van der Waals surface area contributed by atoms with E-state index in [4.69, 9.17) is 15.6 Å². The van der Waals surface area contributed by atoms with E-state index in [1.54, 1.807) is 0 Å². The number of ether oxygens (including phenoxy) is 1. The van der Waals surface area contributed by atoms with E-state index >= 15 is 0 Å². The minimum absolute atomic E-state index is 0.0303. The Morgan fingerprint density at radius 1 is 1.53 bits per heavy atom. The SMILES string of the molecule is NC(=O)c1ccn([C@@H]2O[C@H](CO)[C@@H](O)[C@H]2O)n1.